The Kier molecular flexibility index (Phi) is 6.79. The van der Waals surface area contributed by atoms with E-state index in [0.29, 0.717) is 5.88 Å². The van der Waals surface area contributed by atoms with Crippen molar-refractivity contribution >= 4 is 22.6 Å². The van der Waals surface area contributed by atoms with Crippen LogP contribution in [0, 0.1) is 0 Å². The summed E-state index contributed by atoms with van der Waals surface area (Å²) in [7, 11) is 0. The van der Waals surface area contributed by atoms with Crippen molar-refractivity contribution in [2.24, 2.45) is 0 Å². The van der Waals surface area contributed by atoms with Gasteiger partial charge >= 0.3 is 0 Å². The molecule has 2 N–H and O–H groups in total. The molecule has 3 rings (SSSR count). The van der Waals surface area contributed by atoms with Gasteiger partial charge in [-0.25, -0.2) is 4.98 Å². The summed E-state index contributed by atoms with van der Waals surface area (Å²) in [6.07, 6.45) is 1.87. The molecule has 0 radical (unpaired) electrons. The molecule has 2 aromatic carbocycles. The number of benzene rings is 2. The van der Waals surface area contributed by atoms with E-state index in [4.69, 9.17) is 4.74 Å². The van der Waals surface area contributed by atoms with Crippen molar-refractivity contribution in [3.05, 3.63) is 71.9 Å². The molecule has 3 aromatic rings. The SMILES string of the molecule is CC(C)Oc1ncccc1CNC(=O)CNC(=O)Cc1cccc2ccccc12. The van der Waals surface area contributed by atoms with E-state index in [9.17, 15) is 9.59 Å². The lowest BCUT2D eigenvalue weighted by Crippen LogP contribution is -2.37. The fourth-order valence-corrected chi connectivity index (χ4v) is 3.01. The Morgan fingerprint density at radius 1 is 0.931 bits per heavy atom. The van der Waals surface area contributed by atoms with Crippen LogP contribution in [0.3, 0.4) is 0 Å². The van der Waals surface area contributed by atoms with Gasteiger partial charge in [0.05, 0.1) is 19.1 Å². The predicted molar refractivity (Wildman–Crippen MR) is 113 cm³/mol. The molecule has 6 heteroatoms. The van der Waals surface area contributed by atoms with Crippen LogP contribution in [0.5, 0.6) is 5.88 Å². The molecule has 6 nitrogen and oxygen atoms in total. The highest BCUT2D eigenvalue weighted by atomic mass is 16.5. The van der Waals surface area contributed by atoms with Gasteiger partial charge in [0.1, 0.15) is 0 Å². The summed E-state index contributed by atoms with van der Waals surface area (Å²) in [6, 6.07) is 17.5. The van der Waals surface area contributed by atoms with Crippen LogP contribution in [0.1, 0.15) is 25.0 Å². The van der Waals surface area contributed by atoms with E-state index in [1.807, 2.05) is 62.4 Å². The molecule has 0 unspecified atom stereocenters. The Morgan fingerprint density at radius 3 is 2.52 bits per heavy atom. The van der Waals surface area contributed by atoms with Crippen molar-refractivity contribution in [2.75, 3.05) is 6.54 Å². The van der Waals surface area contributed by atoms with Crippen molar-refractivity contribution in [1.82, 2.24) is 15.6 Å². The van der Waals surface area contributed by atoms with Gasteiger partial charge in [0.15, 0.2) is 0 Å². The van der Waals surface area contributed by atoms with Gasteiger partial charge in [0.2, 0.25) is 17.7 Å². The van der Waals surface area contributed by atoms with Crippen molar-refractivity contribution < 1.29 is 14.3 Å². The van der Waals surface area contributed by atoms with Crippen LogP contribution in [0.2, 0.25) is 0 Å². The van der Waals surface area contributed by atoms with E-state index >= 15 is 0 Å². The van der Waals surface area contributed by atoms with Crippen LogP contribution in [0.15, 0.2) is 60.8 Å². The molecule has 29 heavy (non-hydrogen) atoms. The number of hydrogen-bond donors (Lipinski definition) is 2. The van der Waals surface area contributed by atoms with Crippen molar-refractivity contribution in [2.45, 2.75) is 32.9 Å². The average molecular weight is 391 g/mol. The Morgan fingerprint density at radius 2 is 1.69 bits per heavy atom. The van der Waals surface area contributed by atoms with Crippen molar-refractivity contribution in [3.8, 4) is 5.88 Å². The second-order valence-electron chi connectivity index (χ2n) is 7.00. The smallest absolute Gasteiger partial charge is 0.239 e. The van der Waals surface area contributed by atoms with Gasteiger partial charge in [0, 0.05) is 18.3 Å². The number of amides is 2. The summed E-state index contributed by atoms with van der Waals surface area (Å²) in [5.41, 5.74) is 1.73. The summed E-state index contributed by atoms with van der Waals surface area (Å²) in [4.78, 5) is 28.6. The molecule has 0 saturated carbocycles. The minimum atomic E-state index is -0.268. The molecular formula is C23H25N3O3. The van der Waals surface area contributed by atoms with E-state index in [2.05, 4.69) is 15.6 Å². The Balaban J connectivity index is 1.50. The fourth-order valence-electron chi connectivity index (χ4n) is 3.01. The molecule has 0 bridgehead atoms. The number of nitrogens with one attached hydrogen (secondary N) is 2. The molecule has 2 amide bonds. The molecule has 0 spiro atoms. The number of aromatic nitrogens is 1. The average Bonchev–Trinajstić information content (AvgIpc) is 2.71. The van der Waals surface area contributed by atoms with Crippen LogP contribution < -0.4 is 15.4 Å². The highest BCUT2D eigenvalue weighted by molar-refractivity contribution is 5.91. The number of fused-ring (bicyclic) bond motifs is 1. The molecule has 0 fully saturated rings. The number of pyridine rings is 1. The van der Waals surface area contributed by atoms with E-state index in [1.54, 1.807) is 12.3 Å². The molecule has 0 atom stereocenters. The molecule has 150 valence electrons. The number of ether oxygens (including phenoxy) is 1. The summed E-state index contributed by atoms with van der Waals surface area (Å²) in [5.74, 6) is 0.0418. The Hall–Kier alpha value is -3.41. The normalized spacial score (nSPS) is 10.7. The van der Waals surface area contributed by atoms with Gasteiger partial charge in [0.25, 0.3) is 0 Å². The van der Waals surface area contributed by atoms with Gasteiger partial charge in [-0.1, -0.05) is 48.5 Å². The first-order chi connectivity index (χ1) is 14.0. The van der Waals surface area contributed by atoms with Gasteiger partial charge in [-0.05, 0) is 36.2 Å². The summed E-state index contributed by atoms with van der Waals surface area (Å²) in [6.45, 7) is 4.04. The zero-order chi connectivity index (χ0) is 20.6. The Bertz CT molecular complexity index is 996. The van der Waals surface area contributed by atoms with E-state index < -0.39 is 0 Å². The zero-order valence-corrected chi connectivity index (χ0v) is 16.6. The quantitative estimate of drug-likeness (QED) is 0.619. The largest absolute Gasteiger partial charge is 0.475 e. The van der Waals surface area contributed by atoms with Crippen LogP contribution in [0.25, 0.3) is 10.8 Å². The molecular weight excluding hydrogens is 366 g/mol. The lowest BCUT2D eigenvalue weighted by molar-refractivity contribution is -0.125. The second kappa shape index (κ2) is 9.68. The number of rotatable bonds is 8. The van der Waals surface area contributed by atoms with Crippen LogP contribution in [-0.4, -0.2) is 29.4 Å². The summed E-state index contributed by atoms with van der Waals surface area (Å²) in [5, 5.41) is 7.60. The van der Waals surface area contributed by atoms with Crippen molar-refractivity contribution in [3.63, 3.8) is 0 Å². The fraction of sp³-hybridized carbons (Fsp3) is 0.261. The van der Waals surface area contributed by atoms with Crippen LogP contribution in [-0.2, 0) is 22.6 Å². The maximum absolute atomic E-state index is 12.3. The number of hydrogen-bond acceptors (Lipinski definition) is 4. The molecule has 0 aliphatic rings. The van der Waals surface area contributed by atoms with Gasteiger partial charge in [-0.3, -0.25) is 9.59 Å². The van der Waals surface area contributed by atoms with E-state index in [0.717, 1.165) is 21.9 Å². The lowest BCUT2D eigenvalue weighted by atomic mass is 10.0. The van der Waals surface area contributed by atoms with Crippen LogP contribution in [0.4, 0.5) is 0 Å². The maximum atomic E-state index is 12.3. The monoisotopic (exact) mass is 391 g/mol. The first kappa shape index (κ1) is 20.3. The molecule has 0 aliphatic heterocycles. The van der Waals surface area contributed by atoms with Crippen LogP contribution >= 0.6 is 0 Å². The minimum Gasteiger partial charge on any atom is -0.475 e. The first-order valence-electron chi connectivity index (χ1n) is 9.63. The third kappa shape index (κ3) is 5.78. The number of carbonyl (C=O) groups excluding carboxylic acids is 2. The number of nitrogens with zero attached hydrogens (tertiary/aromatic N) is 1. The van der Waals surface area contributed by atoms with E-state index in [-0.39, 0.29) is 37.4 Å². The third-order valence-electron chi connectivity index (χ3n) is 4.35. The highest BCUT2D eigenvalue weighted by Gasteiger charge is 2.11. The molecule has 0 saturated heterocycles. The molecule has 1 aromatic heterocycles. The third-order valence-corrected chi connectivity index (χ3v) is 4.35. The topological polar surface area (TPSA) is 80.3 Å². The standard InChI is InChI=1S/C23H25N3O3/c1-16(2)29-23-19(10-6-12-24-23)14-25-22(28)15-26-21(27)13-18-9-5-8-17-7-3-4-11-20(17)18/h3-12,16H,13-15H2,1-2H3,(H,25,28)(H,26,27). The summed E-state index contributed by atoms with van der Waals surface area (Å²) < 4.78 is 5.65. The Labute approximate surface area is 170 Å². The lowest BCUT2D eigenvalue weighted by Gasteiger charge is -2.13. The highest BCUT2D eigenvalue weighted by Crippen LogP contribution is 2.19. The zero-order valence-electron chi connectivity index (χ0n) is 16.6. The summed E-state index contributed by atoms with van der Waals surface area (Å²) >= 11 is 0. The van der Waals surface area contributed by atoms with Crippen molar-refractivity contribution in [1.29, 1.82) is 0 Å². The first-order valence-corrected chi connectivity index (χ1v) is 9.63. The molecule has 1 heterocycles. The second-order valence-corrected chi connectivity index (χ2v) is 7.00. The van der Waals surface area contributed by atoms with Gasteiger partial charge in [-0.2, -0.15) is 0 Å². The maximum Gasteiger partial charge on any atom is 0.239 e. The van der Waals surface area contributed by atoms with E-state index in [1.165, 1.54) is 0 Å². The molecule has 0 aliphatic carbocycles. The van der Waals surface area contributed by atoms with Gasteiger partial charge in [-0.15, -0.1) is 0 Å². The number of carbonyl (C=O) groups is 2. The predicted octanol–water partition coefficient (Wildman–Crippen LogP) is 3.00. The minimum absolute atomic E-state index is 0.00675. The van der Waals surface area contributed by atoms with Gasteiger partial charge < -0.3 is 15.4 Å².